The summed E-state index contributed by atoms with van der Waals surface area (Å²) in [4.78, 5) is 15.2. The number of fused-ring (bicyclic) bond motifs is 4. The molecule has 3 heterocycles. The van der Waals surface area contributed by atoms with Gasteiger partial charge in [-0.2, -0.15) is 0 Å². The van der Waals surface area contributed by atoms with E-state index in [9.17, 15) is 0 Å². The Morgan fingerprint density at radius 3 is 1.82 bits per heavy atom. The van der Waals surface area contributed by atoms with Gasteiger partial charge in [-0.1, -0.05) is 158 Å². The van der Waals surface area contributed by atoms with E-state index in [2.05, 4.69) is 181 Å². The third kappa shape index (κ3) is 6.68. The minimum absolute atomic E-state index is 0.515. The number of benzene rings is 8. The Hall–Kier alpha value is -8.15. The van der Waals surface area contributed by atoms with E-state index in [0.29, 0.717) is 5.95 Å². The third-order valence-corrected chi connectivity index (χ3v) is 11.6. The summed E-state index contributed by atoms with van der Waals surface area (Å²) in [6, 6.07) is 72.7. The van der Waals surface area contributed by atoms with Crippen molar-refractivity contribution in [3.8, 4) is 61.6 Å². The fourth-order valence-electron chi connectivity index (χ4n) is 8.65. The molecule has 0 saturated heterocycles. The van der Waals surface area contributed by atoms with Crippen molar-refractivity contribution in [3.63, 3.8) is 0 Å². The lowest BCUT2D eigenvalue weighted by molar-refractivity contribution is 1.17. The lowest BCUT2D eigenvalue weighted by Gasteiger charge is -2.18. The number of aryl methyl sites for hydroxylation is 1. The van der Waals surface area contributed by atoms with Gasteiger partial charge < -0.3 is 9.88 Å². The summed E-state index contributed by atoms with van der Waals surface area (Å²) in [5.41, 5.74) is 16.8. The van der Waals surface area contributed by atoms with Gasteiger partial charge in [-0.05, 0) is 83.3 Å². The second kappa shape index (κ2) is 15.2. The number of para-hydroxylation sites is 1. The van der Waals surface area contributed by atoms with Crippen molar-refractivity contribution in [1.82, 2.24) is 19.5 Å². The smallest absolute Gasteiger partial charge is 0.228 e. The Balaban J connectivity index is 1.08. The average Bonchev–Trinajstić information content (AvgIpc) is 3.66. The first kappa shape index (κ1) is 36.0. The number of pyridine rings is 1. The standard InChI is InChI=1S/C56H39N5/c1-37-26-27-41-22-14-32-57-55(41)54(37)47-30-28-44(35-51(47)60-56-58-49(39-17-7-3-8-18-39)36-50(59-56)40-19-9-4-10-20-40)43-29-31-53-48(34-43)46-24-11-12-25-52(46)61(53)45-23-13-21-42(33-45)38-15-5-2-6-16-38/h2-36H,1H3,(H,58,59,60). The fraction of sp³-hybridized carbons (Fsp3) is 0.0179. The van der Waals surface area contributed by atoms with Crippen molar-refractivity contribution in [3.05, 3.63) is 218 Å². The van der Waals surface area contributed by atoms with E-state index in [1.54, 1.807) is 0 Å². The molecule has 8 aromatic carbocycles. The first-order chi connectivity index (χ1) is 30.1. The van der Waals surface area contributed by atoms with Gasteiger partial charge >= 0.3 is 0 Å². The topological polar surface area (TPSA) is 55.6 Å². The maximum Gasteiger partial charge on any atom is 0.228 e. The highest BCUT2D eigenvalue weighted by atomic mass is 15.1. The molecule has 0 aliphatic carbocycles. The maximum absolute atomic E-state index is 5.14. The molecule has 5 nitrogen and oxygen atoms in total. The maximum atomic E-state index is 5.14. The largest absolute Gasteiger partial charge is 0.324 e. The zero-order valence-electron chi connectivity index (χ0n) is 33.5. The van der Waals surface area contributed by atoms with E-state index in [-0.39, 0.29) is 0 Å². The average molecular weight is 782 g/mol. The van der Waals surface area contributed by atoms with Gasteiger partial charge in [0.25, 0.3) is 0 Å². The molecule has 0 saturated carbocycles. The van der Waals surface area contributed by atoms with Gasteiger partial charge in [0.1, 0.15) is 0 Å². The zero-order chi connectivity index (χ0) is 40.7. The van der Waals surface area contributed by atoms with Crippen molar-refractivity contribution < 1.29 is 0 Å². The Morgan fingerprint density at radius 2 is 1.07 bits per heavy atom. The SMILES string of the molecule is Cc1ccc2cccnc2c1-c1ccc(-c2ccc3c(c2)c2ccccc2n3-c2cccc(-c3ccccc3)c2)cc1Nc1nc(-c2ccccc2)cc(-c2ccccc2)n1. The third-order valence-electron chi connectivity index (χ3n) is 11.6. The number of hydrogen-bond acceptors (Lipinski definition) is 4. The van der Waals surface area contributed by atoms with Crippen LogP contribution in [0.5, 0.6) is 0 Å². The molecule has 0 atom stereocenters. The minimum atomic E-state index is 0.515. The normalized spacial score (nSPS) is 11.4. The Morgan fingerprint density at radius 1 is 0.443 bits per heavy atom. The van der Waals surface area contributed by atoms with Gasteiger partial charge in [0, 0.05) is 56.0 Å². The highest BCUT2D eigenvalue weighted by Gasteiger charge is 2.19. The summed E-state index contributed by atoms with van der Waals surface area (Å²) in [6.45, 7) is 2.15. The molecule has 0 bridgehead atoms. The summed E-state index contributed by atoms with van der Waals surface area (Å²) < 4.78 is 2.38. The van der Waals surface area contributed by atoms with Gasteiger partial charge in [0.15, 0.2) is 0 Å². The molecule has 3 aromatic heterocycles. The van der Waals surface area contributed by atoms with Gasteiger partial charge in [-0.3, -0.25) is 4.98 Å². The second-order valence-corrected chi connectivity index (χ2v) is 15.4. The first-order valence-electron chi connectivity index (χ1n) is 20.6. The molecular formula is C56H39N5. The molecule has 0 spiro atoms. The molecular weight excluding hydrogens is 743 g/mol. The van der Waals surface area contributed by atoms with E-state index in [1.165, 1.54) is 27.4 Å². The lowest BCUT2D eigenvalue weighted by atomic mass is 9.93. The second-order valence-electron chi connectivity index (χ2n) is 15.4. The first-order valence-corrected chi connectivity index (χ1v) is 20.6. The molecule has 0 amide bonds. The number of nitrogens with one attached hydrogen (secondary N) is 1. The predicted octanol–water partition coefficient (Wildman–Crippen LogP) is 14.5. The summed E-state index contributed by atoms with van der Waals surface area (Å²) >= 11 is 0. The van der Waals surface area contributed by atoms with Crippen molar-refractivity contribution in [2.45, 2.75) is 6.92 Å². The Labute approximate surface area is 354 Å². The number of hydrogen-bond donors (Lipinski definition) is 1. The highest BCUT2D eigenvalue weighted by Crippen LogP contribution is 2.41. The van der Waals surface area contributed by atoms with Crippen molar-refractivity contribution in [2.75, 3.05) is 5.32 Å². The molecule has 1 N–H and O–H groups in total. The molecule has 0 aliphatic rings. The van der Waals surface area contributed by atoms with Crippen LogP contribution in [-0.4, -0.2) is 19.5 Å². The van der Waals surface area contributed by atoms with Crippen molar-refractivity contribution in [1.29, 1.82) is 0 Å². The molecule has 0 unspecified atom stereocenters. The van der Waals surface area contributed by atoms with Crippen LogP contribution in [-0.2, 0) is 0 Å². The number of anilines is 2. The van der Waals surface area contributed by atoms with Gasteiger partial charge in [-0.25, -0.2) is 9.97 Å². The van der Waals surface area contributed by atoms with E-state index in [1.807, 2.05) is 48.7 Å². The lowest BCUT2D eigenvalue weighted by Crippen LogP contribution is -2.03. The van der Waals surface area contributed by atoms with Crippen LogP contribution < -0.4 is 5.32 Å². The number of nitrogens with zero attached hydrogens (tertiary/aromatic N) is 4. The Kier molecular flexibility index (Phi) is 8.98. The van der Waals surface area contributed by atoms with Crippen LogP contribution in [0.4, 0.5) is 11.6 Å². The van der Waals surface area contributed by atoms with E-state index < -0.39 is 0 Å². The van der Waals surface area contributed by atoms with Gasteiger partial charge in [0.2, 0.25) is 5.95 Å². The van der Waals surface area contributed by atoms with Gasteiger partial charge in [-0.15, -0.1) is 0 Å². The molecule has 11 rings (SSSR count). The molecule has 0 fully saturated rings. The minimum Gasteiger partial charge on any atom is -0.324 e. The van der Waals surface area contributed by atoms with E-state index in [4.69, 9.17) is 15.0 Å². The van der Waals surface area contributed by atoms with Crippen LogP contribution in [0.3, 0.4) is 0 Å². The van der Waals surface area contributed by atoms with Gasteiger partial charge in [0.05, 0.1) is 27.9 Å². The number of rotatable bonds is 8. The van der Waals surface area contributed by atoms with Crippen molar-refractivity contribution in [2.24, 2.45) is 0 Å². The zero-order valence-corrected chi connectivity index (χ0v) is 33.5. The van der Waals surface area contributed by atoms with Crippen LogP contribution in [0.1, 0.15) is 5.56 Å². The monoisotopic (exact) mass is 781 g/mol. The van der Waals surface area contributed by atoms with Crippen LogP contribution in [0.25, 0.3) is 94.3 Å². The molecule has 11 aromatic rings. The summed E-state index contributed by atoms with van der Waals surface area (Å²) in [5.74, 6) is 0.515. The summed E-state index contributed by atoms with van der Waals surface area (Å²) in [7, 11) is 0. The summed E-state index contributed by atoms with van der Waals surface area (Å²) in [5, 5.41) is 7.23. The van der Waals surface area contributed by atoms with Crippen LogP contribution in [0.2, 0.25) is 0 Å². The van der Waals surface area contributed by atoms with Crippen LogP contribution in [0.15, 0.2) is 212 Å². The fourth-order valence-corrected chi connectivity index (χ4v) is 8.65. The summed E-state index contributed by atoms with van der Waals surface area (Å²) in [6.07, 6.45) is 1.87. The van der Waals surface area contributed by atoms with Crippen LogP contribution >= 0.6 is 0 Å². The van der Waals surface area contributed by atoms with Crippen LogP contribution in [0, 0.1) is 6.92 Å². The van der Waals surface area contributed by atoms with Crippen molar-refractivity contribution >= 4 is 44.3 Å². The molecule has 5 heteroatoms. The molecule has 0 aliphatic heterocycles. The van der Waals surface area contributed by atoms with E-state index in [0.717, 1.165) is 78.1 Å². The number of aromatic nitrogens is 4. The van der Waals surface area contributed by atoms with E-state index >= 15 is 0 Å². The molecule has 0 radical (unpaired) electrons. The highest BCUT2D eigenvalue weighted by molar-refractivity contribution is 6.11. The predicted molar refractivity (Wildman–Crippen MR) is 253 cm³/mol. The Bertz CT molecular complexity index is 3330. The molecule has 61 heavy (non-hydrogen) atoms. The molecule has 288 valence electrons. The quantitative estimate of drug-likeness (QED) is 0.167.